The first-order chi connectivity index (χ1) is 14.5. The average Bonchev–Trinajstić information content (AvgIpc) is 2.72. The molecule has 2 aromatic carbocycles. The predicted octanol–water partition coefficient (Wildman–Crippen LogP) is 3.82. The van der Waals surface area contributed by atoms with Crippen LogP contribution < -0.4 is 10.6 Å². The van der Waals surface area contributed by atoms with Gasteiger partial charge in [0.1, 0.15) is 11.9 Å². The van der Waals surface area contributed by atoms with Gasteiger partial charge in [0.05, 0.1) is 6.04 Å². The van der Waals surface area contributed by atoms with E-state index in [2.05, 4.69) is 10.6 Å². The predicted molar refractivity (Wildman–Crippen MR) is 112 cm³/mol. The van der Waals surface area contributed by atoms with E-state index in [-0.39, 0.29) is 48.0 Å². The minimum atomic E-state index is -0.328. The molecule has 1 saturated carbocycles. The van der Waals surface area contributed by atoms with E-state index in [1.54, 1.807) is 30.3 Å². The third kappa shape index (κ3) is 4.82. The molecule has 30 heavy (non-hydrogen) atoms. The van der Waals surface area contributed by atoms with Crippen LogP contribution in [0.1, 0.15) is 30.4 Å². The van der Waals surface area contributed by atoms with Gasteiger partial charge in [0, 0.05) is 17.5 Å². The molecule has 0 aromatic heterocycles. The molecular weight excluding hydrogens is 407 g/mol. The van der Waals surface area contributed by atoms with Gasteiger partial charge in [0.15, 0.2) is 5.76 Å². The van der Waals surface area contributed by atoms with Crippen LogP contribution in [0.5, 0.6) is 0 Å². The first-order valence-electron chi connectivity index (χ1n) is 9.95. The number of hydrogen-bond donors (Lipinski definition) is 2. The fraction of sp³-hybridized carbons (Fsp3) is 0.304. The van der Waals surface area contributed by atoms with E-state index in [0.717, 1.165) is 5.56 Å². The average molecular weight is 429 g/mol. The van der Waals surface area contributed by atoms with Gasteiger partial charge in [-0.05, 0) is 60.7 Å². The van der Waals surface area contributed by atoms with Crippen molar-refractivity contribution < 1.29 is 18.7 Å². The first kappa shape index (κ1) is 20.4. The van der Waals surface area contributed by atoms with Crippen LogP contribution in [-0.4, -0.2) is 24.0 Å². The van der Waals surface area contributed by atoms with Gasteiger partial charge in [-0.25, -0.2) is 4.39 Å². The number of benzene rings is 2. The Hall–Kier alpha value is -2.86. The smallest absolute Gasteiger partial charge is 0.286 e. The minimum Gasteiger partial charge on any atom is -0.483 e. The summed E-state index contributed by atoms with van der Waals surface area (Å²) in [7, 11) is 0. The molecule has 1 saturated heterocycles. The van der Waals surface area contributed by atoms with Crippen molar-refractivity contribution in [2.45, 2.75) is 38.0 Å². The van der Waals surface area contributed by atoms with Crippen LogP contribution >= 0.6 is 11.6 Å². The van der Waals surface area contributed by atoms with Crippen LogP contribution in [0.15, 0.2) is 54.3 Å². The maximum absolute atomic E-state index is 13.3. The summed E-state index contributed by atoms with van der Waals surface area (Å²) in [5.74, 6) is -0.676. The summed E-state index contributed by atoms with van der Waals surface area (Å²) in [6, 6.07) is 13.1. The van der Waals surface area contributed by atoms with Crippen LogP contribution in [0, 0.1) is 11.7 Å². The monoisotopic (exact) mass is 428 g/mol. The number of carbonyl (C=O) groups excluding carboxylic acids is 2. The quantitative estimate of drug-likeness (QED) is 0.727. The van der Waals surface area contributed by atoms with E-state index in [0.29, 0.717) is 29.8 Å². The van der Waals surface area contributed by atoms with Gasteiger partial charge in [-0.15, -0.1) is 0 Å². The van der Waals surface area contributed by atoms with Crippen molar-refractivity contribution in [3.63, 3.8) is 0 Å². The van der Waals surface area contributed by atoms with Gasteiger partial charge in [-0.1, -0.05) is 35.9 Å². The van der Waals surface area contributed by atoms with Crippen LogP contribution in [0.2, 0.25) is 5.02 Å². The highest BCUT2D eigenvalue weighted by molar-refractivity contribution is 6.30. The Labute approximate surface area is 179 Å². The van der Waals surface area contributed by atoms with E-state index < -0.39 is 0 Å². The van der Waals surface area contributed by atoms with Crippen molar-refractivity contribution in [1.29, 1.82) is 0 Å². The molecule has 1 heterocycles. The Morgan fingerprint density at radius 2 is 2.07 bits per heavy atom. The van der Waals surface area contributed by atoms with E-state index in [4.69, 9.17) is 16.3 Å². The number of rotatable bonds is 4. The van der Waals surface area contributed by atoms with Gasteiger partial charge in [-0.3, -0.25) is 9.59 Å². The summed E-state index contributed by atoms with van der Waals surface area (Å²) < 4.78 is 19.2. The lowest BCUT2D eigenvalue weighted by Crippen LogP contribution is -2.54. The zero-order valence-corrected chi connectivity index (χ0v) is 17.0. The molecular formula is C23H22ClFN2O3. The number of amides is 2. The molecule has 5 nitrogen and oxygen atoms in total. The third-order valence-corrected chi connectivity index (χ3v) is 5.71. The maximum atomic E-state index is 13.3. The second-order valence-corrected chi connectivity index (χ2v) is 8.09. The third-order valence-electron chi connectivity index (χ3n) is 5.48. The van der Waals surface area contributed by atoms with Gasteiger partial charge in [-0.2, -0.15) is 0 Å². The van der Waals surface area contributed by atoms with Crippen LogP contribution in [0.25, 0.3) is 6.08 Å². The number of morpholine rings is 1. The lowest BCUT2D eigenvalue weighted by Gasteiger charge is -2.39. The van der Waals surface area contributed by atoms with Crippen molar-refractivity contribution >= 4 is 29.5 Å². The molecule has 156 valence electrons. The molecule has 7 heteroatoms. The molecule has 3 unspecified atom stereocenters. The summed E-state index contributed by atoms with van der Waals surface area (Å²) in [5, 5.41) is 6.43. The minimum absolute atomic E-state index is 0.0905. The van der Waals surface area contributed by atoms with Crippen LogP contribution in [0.3, 0.4) is 0 Å². The molecule has 0 bridgehead atoms. The Kier molecular flexibility index (Phi) is 6.04. The number of carbonyl (C=O) groups is 2. The van der Waals surface area contributed by atoms with Crippen molar-refractivity contribution in [2.24, 2.45) is 5.92 Å². The summed E-state index contributed by atoms with van der Waals surface area (Å²) >= 11 is 6.00. The van der Waals surface area contributed by atoms with Gasteiger partial charge < -0.3 is 15.4 Å². The van der Waals surface area contributed by atoms with Crippen LogP contribution in [-0.2, 0) is 20.9 Å². The lowest BCUT2D eigenvalue weighted by molar-refractivity contribution is -0.134. The van der Waals surface area contributed by atoms with Gasteiger partial charge in [0.25, 0.3) is 5.91 Å². The van der Waals surface area contributed by atoms with Crippen LogP contribution in [0.4, 0.5) is 4.39 Å². The number of ether oxygens (including phenoxy) is 1. The first-order valence-corrected chi connectivity index (χ1v) is 10.3. The Morgan fingerprint density at radius 1 is 1.23 bits per heavy atom. The van der Waals surface area contributed by atoms with Crippen molar-refractivity contribution in [2.75, 3.05) is 0 Å². The van der Waals surface area contributed by atoms with E-state index in [1.807, 2.05) is 12.1 Å². The van der Waals surface area contributed by atoms with Crippen molar-refractivity contribution in [3.8, 4) is 0 Å². The second kappa shape index (κ2) is 8.88. The molecule has 2 aromatic rings. The normalized spacial score (nSPS) is 24.5. The number of hydrogen-bond acceptors (Lipinski definition) is 3. The topological polar surface area (TPSA) is 67.4 Å². The highest BCUT2D eigenvalue weighted by Crippen LogP contribution is 2.31. The lowest BCUT2D eigenvalue weighted by atomic mass is 9.82. The zero-order valence-electron chi connectivity index (χ0n) is 16.2. The second-order valence-electron chi connectivity index (χ2n) is 7.66. The molecule has 3 atom stereocenters. The number of halogens is 2. The summed E-state index contributed by atoms with van der Waals surface area (Å²) in [6.45, 7) is 0.274. The van der Waals surface area contributed by atoms with Crippen molar-refractivity contribution in [1.82, 2.24) is 10.6 Å². The Bertz CT molecular complexity index is 994. The van der Waals surface area contributed by atoms with Gasteiger partial charge >= 0.3 is 0 Å². The molecule has 2 N–H and O–H groups in total. The summed E-state index contributed by atoms with van der Waals surface area (Å²) in [5.41, 5.74) is 1.50. The summed E-state index contributed by atoms with van der Waals surface area (Å²) in [6.07, 6.45) is 3.35. The molecule has 2 aliphatic rings. The Morgan fingerprint density at radius 3 is 2.87 bits per heavy atom. The molecule has 0 radical (unpaired) electrons. The summed E-state index contributed by atoms with van der Waals surface area (Å²) in [4.78, 5) is 25.1. The highest BCUT2D eigenvalue weighted by Gasteiger charge is 2.40. The fourth-order valence-electron chi connectivity index (χ4n) is 3.96. The fourth-order valence-corrected chi connectivity index (χ4v) is 4.16. The zero-order chi connectivity index (χ0) is 21.1. The SMILES string of the molecule is O=C1NC2CC(C(=O)NCc3cccc(F)c3)CCC2O/C1=C\c1cccc(Cl)c1. The highest BCUT2D eigenvalue weighted by atomic mass is 35.5. The Balaban J connectivity index is 1.35. The molecule has 1 aliphatic carbocycles. The standard InChI is InChI=1S/C23H22ClFN2O3/c24-17-5-1-3-14(9-17)11-21-23(29)27-19-12-16(7-8-20(19)30-21)22(28)26-13-15-4-2-6-18(25)10-15/h1-6,9-11,16,19-20H,7-8,12-13H2,(H,26,28)(H,27,29)/b21-11-. The molecule has 4 rings (SSSR count). The molecule has 2 amide bonds. The van der Waals surface area contributed by atoms with E-state index in [9.17, 15) is 14.0 Å². The maximum Gasteiger partial charge on any atom is 0.286 e. The number of nitrogens with one attached hydrogen (secondary N) is 2. The van der Waals surface area contributed by atoms with E-state index >= 15 is 0 Å². The molecule has 2 fully saturated rings. The van der Waals surface area contributed by atoms with E-state index in [1.165, 1.54) is 12.1 Å². The van der Waals surface area contributed by atoms with Crippen molar-refractivity contribution in [3.05, 3.63) is 76.3 Å². The number of fused-ring (bicyclic) bond motifs is 1. The largest absolute Gasteiger partial charge is 0.483 e. The molecule has 0 spiro atoms. The van der Waals surface area contributed by atoms with Gasteiger partial charge in [0.2, 0.25) is 5.91 Å². The molecule has 1 aliphatic heterocycles.